The second-order valence-electron chi connectivity index (χ2n) is 4.17. The maximum Gasteiger partial charge on any atom is 0.306 e. The molecular formula is C11H14O3S. The van der Waals surface area contributed by atoms with Crippen LogP contribution in [-0.2, 0) is 16.8 Å². The van der Waals surface area contributed by atoms with Crippen molar-refractivity contribution in [2.45, 2.75) is 38.2 Å². The van der Waals surface area contributed by atoms with Gasteiger partial charge in [-0.2, -0.15) is 0 Å². The van der Waals surface area contributed by atoms with E-state index >= 15 is 0 Å². The SMILES string of the molecule is Cc1cc2c(s1)C(O)(CC(=O)O)CCC2. The molecule has 0 fully saturated rings. The van der Waals surface area contributed by atoms with Crippen LogP contribution in [-0.4, -0.2) is 16.2 Å². The summed E-state index contributed by atoms with van der Waals surface area (Å²) in [6, 6.07) is 2.06. The zero-order valence-corrected chi connectivity index (χ0v) is 9.43. The molecule has 82 valence electrons. The lowest BCUT2D eigenvalue weighted by molar-refractivity contribution is -0.143. The van der Waals surface area contributed by atoms with Crippen LogP contribution in [0.2, 0.25) is 0 Å². The van der Waals surface area contributed by atoms with Crippen LogP contribution in [0.15, 0.2) is 6.07 Å². The van der Waals surface area contributed by atoms with Crippen molar-refractivity contribution in [3.8, 4) is 0 Å². The minimum absolute atomic E-state index is 0.181. The van der Waals surface area contributed by atoms with Crippen molar-refractivity contribution in [3.63, 3.8) is 0 Å². The summed E-state index contributed by atoms with van der Waals surface area (Å²) >= 11 is 1.53. The number of fused-ring (bicyclic) bond motifs is 1. The third-order valence-corrected chi connectivity index (χ3v) is 4.12. The lowest BCUT2D eigenvalue weighted by Gasteiger charge is -2.30. The Balaban J connectivity index is 2.39. The summed E-state index contributed by atoms with van der Waals surface area (Å²) < 4.78 is 0. The van der Waals surface area contributed by atoms with Crippen molar-refractivity contribution in [2.24, 2.45) is 0 Å². The van der Waals surface area contributed by atoms with Gasteiger partial charge in [-0.05, 0) is 37.8 Å². The van der Waals surface area contributed by atoms with E-state index in [0.29, 0.717) is 6.42 Å². The van der Waals surface area contributed by atoms with Crippen LogP contribution in [0.3, 0.4) is 0 Å². The number of carbonyl (C=O) groups is 1. The average Bonchev–Trinajstić information content (AvgIpc) is 2.45. The summed E-state index contributed by atoms with van der Waals surface area (Å²) in [6.07, 6.45) is 2.21. The van der Waals surface area contributed by atoms with Crippen molar-refractivity contribution in [1.29, 1.82) is 0 Å². The minimum atomic E-state index is -1.13. The van der Waals surface area contributed by atoms with E-state index in [0.717, 1.165) is 28.2 Å². The maximum atomic E-state index is 10.7. The van der Waals surface area contributed by atoms with Gasteiger partial charge in [0.1, 0.15) is 5.60 Å². The highest BCUT2D eigenvalue weighted by atomic mass is 32.1. The first-order valence-electron chi connectivity index (χ1n) is 5.05. The van der Waals surface area contributed by atoms with Crippen LogP contribution in [0.1, 0.15) is 34.6 Å². The standard InChI is InChI=1S/C11H14O3S/c1-7-5-8-3-2-4-11(14,6-9(12)13)10(8)15-7/h5,14H,2-4,6H2,1H3,(H,12,13). The molecular weight excluding hydrogens is 212 g/mol. The van der Waals surface area contributed by atoms with Crippen molar-refractivity contribution in [3.05, 3.63) is 21.4 Å². The number of thiophene rings is 1. The van der Waals surface area contributed by atoms with Gasteiger partial charge in [-0.15, -0.1) is 11.3 Å². The minimum Gasteiger partial charge on any atom is -0.481 e. The van der Waals surface area contributed by atoms with E-state index in [1.165, 1.54) is 11.3 Å². The fourth-order valence-corrected chi connectivity index (χ4v) is 3.43. The first-order valence-corrected chi connectivity index (χ1v) is 5.87. The molecule has 1 atom stereocenters. The molecule has 1 aromatic rings. The van der Waals surface area contributed by atoms with E-state index in [2.05, 4.69) is 6.07 Å². The van der Waals surface area contributed by atoms with E-state index in [1.807, 2.05) is 6.92 Å². The number of aryl methyl sites for hydroxylation is 2. The molecule has 0 radical (unpaired) electrons. The summed E-state index contributed by atoms with van der Waals surface area (Å²) in [7, 11) is 0. The number of carboxylic acid groups (broad SMARTS) is 1. The highest BCUT2D eigenvalue weighted by molar-refractivity contribution is 7.12. The molecule has 4 heteroatoms. The van der Waals surface area contributed by atoms with Crippen molar-refractivity contribution < 1.29 is 15.0 Å². The summed E-state index contributed by atoms with van der Waals surface area (Å²) in [5, 5.41) is 19.1. The van der Waals surface area contributed by atoms with Crippen LogP contribution in [0, 0.1) is 6.92 Å². The number of carboxylic acids is 1. The van der Waals surface area contributed by atoms with Crippen LogP contribution >= 0.6 is 11.3 Å². The largest absolute Gasteiger partial charge is 0.481 e. The van der Waals surface area contributed by atoms with Gasteiger partial charge < -0.3 is 10.2 Å². The molecule has 1 aliphatic rings. The third-order valence-electron chi connectivity index (χ3n) is 2.83. The van der Waals surface area contributed by atoms with Gasteiger partial charge in [0.25, 0.3) is 0 Å². The van der Waals surface area contributed by atoms with Crippen molar-refractivity contribution >= 4 is 17.3 Å². The van der Waals surface area contributed by atoms with E-state index in [9.17, 15) is 9.90 Å². The number of hydrogen-bond acceptors (Lipinski definition) is 3. The Morgan fingerprint density at radius 3 is 3.07 bits per heavy atom. The van der Waals surface area contributed by atoms with Crippen LogP contribution in [0.5, 0.6) is 0 Å². The first-order chi connectivity index (χ1) is 7.01. The summed E-state index contributed by atoms with van der Waals surface area (Å²) in [6.45, 7) is 1.99. The maximum absolute atomic E-state index is 10.7. The second kappa shape index (κ2) is 3.61. The van der Waals surface area contributed by atoms with Gasteiger partial charge in [-0.1, -0.05) is 0 Å². The lowest BCUT2D eigenvalue weighted by Crippen LogP contribution is -2.31. The van der Waals surface area contributed by atoms with E-state index in [1.54, 1.807) is 0 Å². The van der Waals surface area contributed by atoms with Gasteiger partial charge >= 0.3 is 5.97 Å². The summed E-state index contributed by atoms with van der Waals surface area (Å²) in [5.41, 5.74) is 0.00530. The molecule has 2 N–H and O–H groups in total. The zero-order valence-electron chi connectivity index (χ0n) is 8.62. The molecule has 1 aliphatic carbocycles. The normalized spacial score (nSPS) is 24.9. The first kappa shape index (κ1) is 10.6. The van der Waals surface area contributed by atoms with Gasteiger partial charge in [0.15, 0.2) is 0 Å². The van der Waals surface area contributed by atoms with Crippen molar-refractivity contribution in [1.82, 2.24) is 0 Å². The molecule has 1 unspecified atom stereocenters. The smallest absolute Gasteiger partial charge is 0.306 e. The lowest BCUT2D eigenvalue weighted by atomic mass is 9.83. The molecule has 0 spiro atoms. The fraction of sp³-hybridized carbons (Fsp3) is 0.545. The summed E-state index contributed by atoms with van der Waals surface area (Å²) in [4.78, 5) is 12.7. The van der Waals surface area contributed by atoms with E-state index < -0.39 is 11.6 Å². The molecule has 3 nitrogen and oxygen atoms in total. The summed E-state index contributed by atoms with van der Waals surface area (Å²) in [5.74, 6) is -0.934. The monoisotopic (exact) mass is 226 g/mol. The second-order valence-corrected chi connectivity index (χ2v) is 5.42. The molecule has 2 rings (SSSR count). The Morgan fingerprint density at radius 1 is 1.67 bits per heavy atom. The average molecular weight is 226 g/mol. The van der Waals surface area contributed by atoms with Gasteiger partial charge in [-0.3, -0.25) is 4.79 Å². The Labute approximate surface area is 92.4 Å². The molecule has 0 aliphatic heterocycles. The zero-order chi connectivity index (χ0) is 11.1. The predicted octanol–water partition coefficient (Wildman–Crippen LogP) is 2.06. The van der Waals surface area contributed by atoms with Crippen LogP contribution in [0.4, 0.5) is 0 Å². The fourth-order valence-electron chi connectivity index (χ4n) is 2.25. The van der Waals surface area contributed by atoms with E-state index in [-0.39, 0.29) is 6.42 Å². The Bertz CT molecular complexity index is 397. The number of aliphatic carboxylic acids is 1. The Kier molecular flexibility index (Phi) is 2.56. The van der Waals surface area contributed by atoms with E-state index in [4.69, 9.17) is 5.11 Å². The van der Waals surface area contributed by atoms with Gasteiger partial charge in [0, 0.05) is 9.75 Å². The van der Waals surface area contributed by atoms with Crippen molar-refractivity contribution in [2.75, 3.05) is 0 Å². The predicted molar refractivity (Wildman–Crippen MR) is 58.1 cm³/mol. The van der Waals surface area contributed by atoms with Gasteiger partial charge in [0.05, 0.1) is 6.42 Å². The molecule has 0 saturated carbocycles. The van der Waals surface area contributed by atoms with Crippen LogP contribution in [0.25, 0.3) is 0 Å². The molecule has 1 heterocycles. The third kappa shape index (κ3) is 1.92. The number of hydrogen-bond donors (Lipinski definition) is 2. The molecule has 15 heavy (non-hydrogen) atoms. The quantitative estimate of drug-likeness (QED) is 0.811. The number of rotatable bonds is 2. The topological polar surface area (TPSA) is 57.5 Å². The van der Waals surface area contributed by atoms with Gasteiger partial charge in [-0.25, -0.2) is 0 Å². The molecule has 0 amide bonds. The number of aliphatic hydroxyl groups is 1. The Morgan fingerprint density at radius 2 is 2.40 bits per heavy atom. The highest BCUT2D eigenvalue weighted by Gasteiger charge is 2.38. The molecule has 0 saturated heterocycles. The molecule has 1 aromatic heterocycles. The van der Waals surface area contributed by atoms with Crippen LogP contribution < -0.4 is 0 Å². The molecule has 0 aromatic carbocycles. The van der Waals surface area contributed by atoms with Gasteiger partial charge in [0.2, 0.25) is 0 Å². The Hall–Kier alpha value is -0.870. The molecule has 0 bridgehead atoms. The highest BCUT2D eigenvalue weighted by Crippen LogP contribution is 2.42.